The van der Waals surface area contributed by atoms with Crippen LogP contribution in [0.25, 0.3) is 0 Å². The minimum absolute atomic E-state index is 0.255. The van der Waals surface area contributed by atoms with Crippen LogP contribution < -0.4 is 14.8 Å². The van der Waals surface area contributed by atoms with Crippen LogP contribution in [0.3, 0.4) is 0 Å². The Morgan fingerprint density at radius 3 is 2.65 bits per heavy atom. The highest BCUT2D eigenvalue weighted by Crippen LogP contribution is 2.25. The molecular formula is C14H19NO5. The highest BCUT2D eigenvalue weighted by molar-refractivity contribution is 5.78. The highest BCUT2D eigenvalue weighted by atomic mass is 16.5. The van der Waals surface area contributed by atoms with Gasteiger partial charge in [-0.2, -0.15) is 0 Å². The SMILES string of the molecule is CCOC(=O)C(Cc1cc(OC)ccc1OC)NC=O. The van der Waals surface area contributed by atoms with E-state index in [0.29, 0.717) is 17.9 Å². The van der Waals surface area contributed by atoms with Crippen molar-refractivity contribution in [3.8, 4) is 11.5 Å². The van der Waals surface area contributed by atoms with E-state index in [2.05, 4.69) is 5.32 Å². The quantitative estimate of drug-likeness (QED) is 0.566. The fourth-order valence-corrected chi connectivity index (χ4v) is 1.80. The molecule has 0 aromatic heterocycles. The van der Waals surface area contributed by atoms with Crippen LogP contribution in [-0.4, -0.2) is 39.2 Å². The van der Waals surface area contributed by atoms with Gasteiger partial charge in [-0.3, -0.25) is 4.79 Å². The lowest BCUT2D eigenvalue weighted by Crippen LogP contribution is -2.39. The molecule has 1 aromatic carbocycles. The third-order valence-electron chi connectivity index (χ3n) is 2.75. The molecule has 0 aliphatic heterocycles. The second-order valence-electron chi connectivity index (χ2n) is 3.97. The molecule has 0 bridgehead atoms. The van der Waals surface area contributed by atoms with Crippen LogP contribution in [0.1, 0.15) is 12.5 Å². The number of hydrogen-bond donors (Lipinski definition) is 1. The second-order valence-corrected chi connectivity index (χ2v) is 3.97. The first-order valence-electron chi connectivity index (χ1n) is 6.23. The van der Waals surface area contributed by atoms with Gasteiger partial charge in [0.1, 0.15) is 17.5 Å². The van der Waals surface area contributed by atoms with Gasteiger partial charge in [0.2, 0.25) is 6.41 Å². The van der Waals surface area contributed by atoms with Gasteiger partial charge in [-0.1, -0.05) is 0 Å². The van der Waals surface area contributed by atoms with Crippen LogP contribution in [0, 0.1) is 0 Å². The molecule has 1 aromatic rings. The summed E-state index contributed by atoms with van der Waals surface area (Å²) in [7, 11) is 3.09. The van der Waals surface area contributed by atoms with Crippen molar-refractivity contribution in [3.05, 3.63) is 23.8 Å². The molecule has 20 heavy (non-hydrogen) atoms. The number of ether oxygens (including phenoxy) is 3. The van der Waals surface area contributed by atoms with E-state index in [1.54, 1.807) is 32.2 Å². The maximum atomic E-state index is 11.8. The van der Waals surface area contributed by atoms with Gasteiger partial charge in [0.25, 0.3) is 0 Å². The first kappa shape index (κ1) is 15.8. The molecule has 0 aliphatic rings. The van der Waals surface area contributed by atoms with Crippen molar-refractivity contribution < 1.29 is 23.8 Å². The molecule has 1 amide bonds. The Balaban J connectivity index is 2.96. The van der Waals surface area contributed by atoms with Gasteiger partial charge in [-0.05, 0) is 25.1 Å². The van der Waals surface area contributed by atoms with Gasteiger partial charge in [-0.25, -0.2) is 4.79 Å². The van der Waals surface area contributed by atoms with E-state index < -0.39 is 12.0 Å². The molecule has 6 heteroatoms. The number of amides is 1. The Hall–Kier alpha value is -2.24. The van der Waals surface area contributed by atoms with Gasteiger partial charge >= 0.3 is 5.97 Å². The maximum absolute atomic E-state index is 11.8. The normalized spacial score (nSPS) is 11.3. The fraction of sp³-hybridized carbons (Fsp3) is 0.429. The first-order chi connectivity index (χ1) is 9.65. The molecule has 0 heterocycles. The van der Waals surface area contributed by atoms with Crippen molar-refractivity contribution in [2.24, 2.45) is 0 Å². The highest BCUT2D eigenvalue weighted by Gasteiger charge is 2.21. The van der Waals surface area contributed by atoms with E-state index in [1.165, 1.54) is 7.11 Å². The van der Waals surface area contributed by atoms with E-state index in [1.807, 2.05) is 0 Å². The molecule has 1 atom stereocenters. The number of hydrogen-bond acceptors (Lipinski definition) is 5. The summed E-state index contributed by atoms with van der Waals surface area (Å²) in [6.07, 6.45) is 0.742. The lowest BCUT2D eigenvalue weighted by molar-refractivity contribution is -0.146. The van der Waals surface area contributed by atoms with Crippen LogP contribution in [0.2, 0.25) is 0 Å². The molecule has 0 spiro atoms. The van der Waals surface area contributed by atoms with E-state index in [4.69, 9.17) is 14.2 Å². The number of nitrogens with one attached hydrogen (secondary N) is 1. The summed E-state index contributed by atoms with van der Waals surface area (Å²) in [6.45, 7) is 1.97. The minimum Gasteiger partial charge on any atom is -0.497 e. The van der Waals surface area contributed by atoms with Gasteiger partial charge in [-0.15, -0.1) is 0 Å². The van der Waals surface area contributed by atoms with Crippen molar-refractivity contribution in [2.75, 3.05) is 20.8 Å². The summed E-state index contributed by atoms with van der Waals surface area (Å²) in [4.78, 5) is 22.4. The molecule has 1 N–H and O–H groups in total. The zero-order valence-electron chi connectivity index (χ0n) is 11.8. The van der Waals surface area contributed by atoms with Crippen molar-refractivity contribution in [1.29, 1.82) is 0 Å². The molecule has 1 rings (SSSR count). The maximum Gasteiger partial charge on any atom is 0.328 e. The number of rotatable bonds is 8. The van der Waals surface area contributed by atoms with Crippen molar-refractivity contribution in [3.63, 3.8) is 0 Å². The Kier molecular flexibility index (Phi) is 6.36. The predicted octanol–water partition coefficient (Wildman–Crippen LogP) is 0.924. The van der Waals surface area contributed by atoms with Gasteiger partial charge in [0.05, 0.1) is 20.8 Å². The largest absolute Gasteiger partial charge is 0.497 e. The molecule has 6 nitrogen and oxygen atoms in total. The zero-order valence-corrected chi connectivity index (χ0v) is 11.8. The first-order valence-corrected chi connectivity index (χ1v) is 6.23. The molecular weight excluding hydrogens is 262 g/mol. The van der Waals surface area contributed by atoms with Gasteiger partial charge < -0.3 is 19.5 Å². The standard InChI is InChI=1S/C14H19NO5/c1-4-20-14(17)12(15-9-16)8-10-7-11(18-2)5-6-13(10)19-3/h5-7,9,12H,4,8H2,1-3H3,(H,15,16). The van der Waals surface area contributed by atoms with Crippen LogP contribution in [0.5, 0.6) is 11.5 Å². The van der Waals surface area contributed by atoms with Crippen LogP contribution in [0.4, 0.5) is 0 Å². The summed E-state index contributed by atoms with van der Waals surface area (Å²) >= 11 is 0. The van der Waals surface area contributed by atoms with E-state index >= 15 is 0 Å². The Labute approximate surface area is 118 Å². The average Bonchev–Trinajstić information content (AvgIpc) is 2.46. The van der Waals surface area contributed by atoms with E-state index in [0.717, 1.165) is 5.56 Å². The summed E-state index contributed by atoms with van der Waals surface area (Å²) in [6, 6.07) is 4.51. The minimum atomic E-state index is -0.756. The number of benzene rings is 1. The predicted molar refractivity (Wildman–Crippen MR) is 72.9 cm³/mol. The van der Waals surface area contributed by atoms with Crippen molar-refractivity contribution >= 4 is 12.4 Å². The molecule has 0 saturated carbocycles. The second kappa shape index (κ2) is 8.04. The van der Waals surface area contributed by atoms with E-state index in [-0.39, 0.29) is 13.0 Å². The molecule has 1 unspecified atom stereocenters. The molecule has 0 fully saturated rings. The van der Waals surface area contributed by atoms with Crippen molar-refractivity contribution in [2.45, 2.75) is 19.4 Å². The lowest BCUT2D eigenvalue weighted by atomic mass is 10.0. The zero-order chi connectivity index (χ0) is 15.0. The summed E-state index contributed by atoms with van der Waals surface area (Å²) in [5.74, 6) is 0.784. The van der Waals surface area contributed by atoms with Gasteiger partial charge in [0, 0.05) is 12.0 Å². The number of carbonyl (C=O) groups excluding carboxylic acids is 2. The fourth-order valence-electron chi connectivity index (χ4n) is 1.80. The third-order valence-corrected chi connectivity index (χ3v) is 2.75. The monoisotopic (exact) mass is 281 g/mol. The molecule has 0 saturated heterocycles. The Bertz CT molecular complexity index is 461. The molecule has 0 aliphatic carbocycles. The third kappa shape index (κ3) is 4.15. The van der Waals surface area contributed by atoms with Crippen LogP contribution in [-0.2, 0) is 20.7 Å². The van der Waals surface area contributed by atoms with Gasteiger partial charge in [0.15, 0.2) is 0 Å². The number of carbonyl (C=O) groups is 2. The topological polar surface area (TPSA) is 73.9 Å². The van der Waals surface area contributed by atoms with Crippen LogP contribution >= 0.6 is 0 Å². The van der Waals surface area contributed by atoms with Crippen LogP contribution in [0.15, 0.2) is 18.2 Å². The summed E-state index contributed by atoms with van der Waals surface area (Å²) in [5, 5.41) is 2.45. The lowest BCUT2D eigenvalue weighted by Gasteiger charge is -2.17. The average molecular weight is 281 g/mol. The van der Waals surface area contributed by atoms with E-state index in [9.17, 15) is 9.59 Å². The number of esters is 1. The Morgan fingerprint density at radius 2 is 2.10 bits per heavy atom. The van der Waals surface area contributed by atoms with Crippen molar-refractivity contribution in [1.82, 2.24) is 5.32 Å². The molecule has 110 valence electrons. The number of methoxy groups -OCH3 is 2. The smallest absolute Gasteiger partial charge is 0.328 e. The summed E-state index contributed by atoms with van der Waals surface area (Å²) in [5.41, 5.74) is 0.749. The summed E-state index contributed by atoms with van der Waals surface area (Å²) < 4.78 is 15.3. The molecule has 0 radical (unpaired) electrons. The Morgan fingerprint density at radius 1 is 1.35 bits per heavy atom.